The maximum Gasteiger partial charge on any atom is 0.272 e. The number of hydrogen-bond acceptors (Lipinski definition) is 7. The van der Waals surface area contributed by atoms with E-state index < -0.39 is 36.5 Å². The van der Waals surface area contributed by atoms with E-state index in [9.17, 15) is 20.1 Å². The van der Waals surface area contributed by atoms with Gasteiger partial charge in [0.1, 0.15) is 18.5 Å². The number of aliphatic hydroxyl groups excluding tert-OH is 2. The van der Waals surface area contributed by atoms with E-state index in [0.29, 0.717) is 0 Å². The predicted octanol–water partition coefficient (Wildman–Crippen LogP) is -2.09. The van der Waals surface area contributed by atoms with Crippen LogP contribution in [0.5, 0.6) is 5.88 Å². The highest BCUT2D eigenvalue weighted by atomic mass is 16.7. The van der Waals surface area contributed by atoms with Crippen molar-refractivity contribution in [3.8, 4) is 5.88 Å². The summed E-state index contributed by atoms with van der Waals surface area (Å²) in [7, 11) is 1.30. The molecule has 1 saturated heterocycles. The third-order valence-electron chi connectivity index (χ3n) is 2.70. The molecular weight excluding hydrogens is 246 g/mol. The van der Waals surface area contributed by atoms with Crippen LogP contribution in [0.2, 0.25) is 0 Å². The van der Waals surface area contributed by atoms with Crippen molar-refractivity contribution in [3.63, 3.8) is 0 Å². The maximum absolute atomic E-state index is 10.9. The smallest absolute Gasteiger partial charge is 0.272 e. The monoisotopic (exact) mass is 259 g/mol. The summed E-state index contributed by atoms with van der Waals surface area (Å²) in [6, 6.07) is 0. The summed E-state index contributed by atoms with van der Waals surface area (Å²) in [5.74, 6) is -1.46. The fraction of sp³-hybridized carbons (Fsp3) is 0.556. The minimum absolute atomic E-state index is 0.346. The number of aromatic hydroxyl groups is 1. The normalized spacial score (nSPS) is 31.7. The molecule has 0 spiro atoms. The number of rotatable bonds is 3. The van der Waals surface area contributed by atoms with Crippen LogP contribution in [0.1, 0.15) is 16.7 Å². The van der Waals surface area contributed by atoms with Crippen LogP contribution >= 0.6 is 0 Å². The molecule has 1 aliphatic rings. The lowest BCUT2D eigenvalue weighted by atomic mass is 10.2. The Bertz CT molecular complexity index is 461. The van der Waals surface area contributed by atoms with Crippen molar-refractivity contribution in [2.24, 2.45) is 5.73 Å². The molecule has 100 valence electrons. The number of aliphatic hydroxyl groups is 2. The third-order valence-corrected chi connectivity index (χ3v) is 2.70. The average molecular weight is 259 g/mol. The molecule has 2 rings (SSSR count). The fourth-order valence-electron chi connectivity index (χ4n) is 1.77. The maximum atomic E-state index is 10.9. The van der Waals surface area contributed by atoms with Crippen molar-refractivity contribution in [1.82, 2.24) is 9.55 Å². The Labute approximate surface area is 101 Å². The first-order chi connectivity index (χ1) is 8.47. The molecule has 9 heteroatoms. The molecule has 4 atom stereocenters. The SMILES string of the molecule is CO[C@H]1O[C@@H](n2cnc(C(N)=O)c2O)[C@H](O)[C@@H]1O. The summed E-state index contributed by atoms with van der Waals surface area (Å²) >= 11 is 0. The molecule has 0 bridgehead atoms. The lowest BCUT2D eigenvalue weighted by Gasteiger charge is -2.16. The molecule has 1 amide bonds. The van der Waals surface area contributed by atoms with Gasteiger partial charge in [-0.15, -0.1) is 0 Å². The molecule has 1 aromatic heterocycles. The molecule has 18 heavy (non-hydrogen) atoms. The van der Waals surface area contributed by atoms with Crippen molar-refractivity contribution in [1.29, 1.82) is 0 Å². The number of carbonyl (C=O) groups excluding carboxylic acids is 1. The lowest BCUT2D eigenvalue weighted by molar-refractivity contribution is -0.161. The number of primary amides is 1. The number of nitrogens with two attached hydrogens (primary N) is 1. The number of aromatic nitrogens is 2. The Hall–Kier alpha value is -1.68. The van der Waals surface area contributed by atoms with Crippen molar-refractivity contribution in [2.45, 2.75) is 24.7 Å². The van der Waals surface area contributed by atoms with Gasteiger partial charge in [-0.1, -0.05) is 0 Å². The van der Waals surface area contributed by atoms with Crippen LogP contribution in [0.4, 0.5) is 0 Å². The van der Waals surface area contributed by atoms with Gasteiger partial charge in [-0.3, -0.25) is 9.36 Å². The van der Waals surface area contributed by atoms with E-state index in [1.807, 2.05) is 0 Å². The first-order valence-corrected chi connectivity index (χ1v) is 5.07. The van der Waals surface area contributed by atoms with Crippen LogP contribution in [0.25, 0.3) is 0 Å². The Morgan fingerprint density at radius 2 is 2.22 bits per heavy atom. The highest BCUT2D eigenvalue weighted by molar-refractivity contribution is 5.92. The Morgan fingerprint density at radius 3 is 2.67 bits per heavy atom. The summed E-state index contributed by atoms with van der Waals surface area (Å²) in [5, 5.41) is 29.1. The van der Waals surface area contributed by atoms with E-state index in [4.69, 9.17) is 15.2 Å². The second-order valence-electron chi connectivity index (χ2n) is 3.80. The summed E-state index contributed by atoms with van der Waals surface area (Å²) in [4.78, 5) is 14.5. The number of nitrogens with zero attached hydrogens (tertiary/aromatic N) is 2. The Balaban J connectivity index is 2.30. The van der Waals surface area contributed by atoms with E-state index >= 15 is 0 Å². The zero-order valence-corrected chi connectivity index (χ0v) is 9.42. The first kappa shape index (κ1) is 12.8. The number of amides is 1. The minimum atomic E-state index is -1.34. The van der Waals surface area contributed by atoms with Gasteiger partial charge in [0.15, 0.2) is 18.2 Å². The van der Waals surface area contributed by atoms with Crippen molar-refractivity contribution in [2.75, 3.05) is 7.11 Å². The summed E-state index contributed by atoms with van der Waals surface area (Å²) in [5.41, 5.74) is 4.64. The summed E-state index contributed by atoms with van der Waals surface area (Å²) in [6.07, 6.45) is -3.70. The van der Waals surface area contributed by atoms with Gasteiger partial charge in [0.25, 0.3) is 5.91 Å². The Kier molecular flexibility index (Phi) is 3.22. The highest BCUT2D eigenvalue weighted by Gasteiger charge is 2.45. The number of imidazole rings is 1. The van der Waals surface area contributed by atoms with Crippen LogP contribution in [-0.2, 0) is 9.47 Å². The van der Waals surface area contributed by atoms with Gasteiger partial charge in [-0.2, -0.15) is 0 Å². The molecule has 1 fully saturated rings. The molecule has 9 nitrogen and oxygen atoms in total. The van der Waals surface area contributed by atoms with E-state index in [-0.39, 0.29) is 5.69 Å². The molecule has 1 aromatic rings. The van der Waals surface area contributed by atoms with Crippen LogP contribution in [-0.4, -0.2) is 56.4 Å². The van der Waals surface area contributed by atoms with Gasteiger partial charge in [0.05, 0.1) is 0 Å². The van der Waals surface area contributed by atoms with E-state index in [1.165, 1.54) is 7.11 Å². The van der Waals surface area contributed by atoms with Gasteiger partial charge in [0.2, 0.25) is 5.88 Å². The van der Waals surface area contributed by atoms with Gasteiger partial charge < -0.3 is 30.5 Å². The molecule has 0 aliphatic carbocycles. The molecule has 0 saturated carbocycles. The topological polar surface area (TPSA) is 140 Å². The summed E-state index contributed by atoms with van der Waals surface area (Å²) in [6.45, 7) is 0. The highest BCUT2D eigenvalue weighted by Crippen LogP contribution is 2.33. The number of carbonyl (C=O) groups is 1. The molecule has 0 radical (unpaired) electrons. The van der Waals surface area contributed by atoms with Crippen LogP contribution in [0.15, 0.2) is 6.33 Å². The van der Waals surface area contributed by atoms with Gasteiger partial charge in [-0.05, 0) is 0 Å². The van der Waals surface area contributed by atoms with Crippen LogP contribution in [0.3, 0.4) is 0 Å². The van der Waals surface area contributed by atoms with Gasteiger partial charge in [0, 0.05) is 7.11 Å². The number of ether oxygens (including phenoxy) is 2. The van der Waals surface area contributed by atoms with E-state index in [1.54, 1.807) is 0 Å². The molecule has 5 N–H and O–H groups in total. The van der Waals surface area contributed by atoms with E-state index in [0.717, 1.165) is 10.9 Å². The zero-order chi connectivity index (χ0) is 13.4. The first-order valence-electron chi connectivity index (χ1n) is 5.07. The fourth-order valence-corrected chi connectivity index (χ4v) is 1.77. The second-order valence-corrected chi connectivity index (χ2v) is 3.80. The molecular formula is C9H13N3O6. The van der Waals surface area contributed by atoms with Gasteiger partial charge >= 0.3 is 0 Å². The van der Waals surface area contributed by atoms with Crippen molar-refractivity contribution < 1.29 is 29.6 Å². The zero-order valence-electron chi connectivity index (χ0n) is 9.42. The average Bonchev–Trinajstić information content (AvgIpc) is 2.82. The third kappa shape index (κ3) is 1.82. The molecule has 2 heterocycles. The molecule has 0 unspecified atom stereocenters. The number of methoxy groups -OCH3 is 1. The quantitative estimate of drug-likeness (QED) is 0.488. The molecule has 0 aromatic carbocycles. The van der Waals surface area contributed by atoms with Crippen molar-refractivity contribution in [3.05, 3.63) is 12.0 Å². The summed E-state index contributed by atoms with van der Waals surface area (Å²) < 4.78 is 11.0. The standard InChI is InChI=1S/C9H13N3O6/c1-17-9-5(14)4(13)8(18-9)12-2-11-3(6(10)15)7(12)16/h2,4-5,8-9,13-14,16H,1H3,(H2,10,15)/t4-,5+,8-,9+/m1/s1. The van der Waals surface area contributed by atoms with Gasteiger partial charge in [-0.25, -0.2) is 4.98 Å². The van der Waals surface area contributed by atoms with Crippen LogP contribution < -0.4 is 5.73 Å². The Morgan fingerprint density at radius 1 is 1.56 bits per heavy atom. The lowest BCUT2D eigenvalue weighted by Crippen LogP contribution is -2.32. The molecule has 1 aliphatic heterocycles. The predicted molar refractivity (Wildman–Crippen MR) is 55.3 cm³/mol. The number of hydrogen-bond donors (Lipinski definition) is 4. The largest absolute Gasteiger partial charge is 0.493 e. The van der Waals surface area contributed by atoms with Crippen molar-refractivity contribution >= 4 is 5.91 Å². The van der Waals surface area contributed by atoms with Crippen LogP contribution in [0, 0.1) is 0 Å². The second kappa shape index (κ2) is 4.53. The van der Waals surface area contributed by atoms with E-state index in [2.05, 4.69) is 4.98 Å². The minimum Gasteiger partial charge on any atom is -0.493 e.